The summed E-state index contributed by atoms with van der Waals surface area (Å²) < 4.78 is 4.92. The molecule has 0 amide bonds. The van der Waals surface area contributed by atoms with Crippen molar-refractivity contribution in [2.24, 2.45) is 0 Å². The summed E-state index contributed by atoms with van der Waals surface area (Å²) in [4.78, 5) is 7.08. The van der Waals surface area contributed by atoms with Crippen molar-refractivity contribution < 1.29 is 4.74 Å². The molecular formula is C7H12N2OS. The molecular weight excluding hydrogens is 160 g/mol. The zero-order chi connectivity index (χ0) is 8.10. The van der Waals surface area contributed by atoms with E-state index in [1.165, 1.54) is 0 Å². The van der Waals surface area contributed by atoms with Crippen LogP contribution in [0.25, 0.3) is 0 Å². The number of hydrogen-bond acceptors (Lipinski definition) is 3. The molecule has 1 unspecified atom stereocenters. The molecule has 0 aliphatic rings. The van der Waals surface area contributed by atoms with Gasteiger partial charge in [-0.05, 0) is 6.42 Å². The first-order valence-corrected chi connectivity index (χ1v) is 4.02. The number of aromatic amines is 1. The van der Waals surface area contributed by atoms with Gasteiger partial charge in [-0.25, -0.2) is 4.98 Å². The predicted molar refractivity (Wildman–Crippen MR) is 46.8 cm³/mol. The van der Waals surface area contributed by atoms with Crippen LogP contribution in [0.4, 0.5) is 0 Å². The third-order valence-electron chi connectivity index (χ3n) is 1.43. The minimum absolute atomic E-state index is 0.157. The predicted octanol–water partition coefficient (Wildman–Crippen LogP) is 1.42. The molecule has 62 valence electrons. The number of hydrogen-bond donors (Lipinski definition) is 2. The lowest BCUT2D eigenvalue weighted by Crippen LogP contribution is -1.98. The van der Waals surface area contributed by atoms with Gasteiger partial charge in [0.05, 0.1) is 5.25 Å². The lowest BCUT2D eigenvalue weighted by Gasteiger charge is -2.05. The van der Waals surface area contributed by atoms with E-state index in [0.717, 1.165) is 18.9 Å². The molecule has 1 aromatic rings. The molecule has 1 rings (SSSR count). The molecule has 1 atom stereocenters. The average molecular weight is 172 g/mol. The molecule has 0 bridgehead atoms. The van der Waals surface area contributed by atoms with Crippen LogP contribution in [0, 0.1) is 0 Å². The van der Waals surface area contributed by atoms with Gasteiger partial charge in [0.2, 0.25) is 0 Å². The third-order valence-corrected chi connectivity index (χ3v) is 1.93. The van der Waals surface area contributed by atoms with E-state index < -0.39 is 0 Å². The second-order valence-corrected chi connectivity index (χ2v) is 2.90. The zero-order valence-electron chi connectivity index (χ0n) is 6.45. The fraction of sp³-hybridized carbons (Fsp3) is 0.571. The van der Waals surface area contributed by atoms with Crippen LogP contribution in [0.5, 0.6) is 0 Å². The van der Waals surface area contributed by atoms with Crippen LogP contribution in [0.15, 0.2) is 12.4 Å². The molecule has 0 saturated heterocycles. The van der Waals surface area contributed by atoms with Crippen LogP contribution in [-0.2, 0) is 4.74 Å². The van der Waals surface area contributed by atoms with Gasteiger partial charge >= 0.3 is 0 Å². The van der Waals surface area contributed by atoms with Gasteiger partial charge in [0, 0.05) is 26.1 Å². The highest BCUT2D eigenvalue weighted by atomic mass is 32.1. The zero-order valence-corrected chi connectivity index (χ0v) is 7.34. The van der Waals surface area contributed by atoms with Crippen LogP contribution < -0.4 is 0 Å². The molecule has 1 N–H and O–H groups in total. The summed E-state index contributed by atoms with van der Waals surface area (Å²) in [7, 11) is 1.68. The van der Waals surface area contributed by atoms with Crippen molar-refractivity contribution in [1.29, 1.82) is 0 Å². The Morgan fingerprint density at radius 1 is 1.82 bits per heavy atom. The topological polar surface area (TPSA) is 37.9 Å². The number of nitrogens with zero attached hydrogens (tertiary/aromatic N) is 1. The fourth-order valence-corrected chi connectivity index (χ4v) is 1.07. The standard InChI is InChI=1S/C7H12N2OS/c1-10-5-2-6(11)7-8-3-4-9-7/h3-4,6,11H,2,5H2,1H3,(H,8,9). The van der Waals surface area contributed by atoms with Crippen molar-refractivity contribution in [2.75, 3.05) is 13.7 Å². The molecule has 1 aromatic heterocycles. The summed E-state index contributed by atoms with van der Waals surface area (Å²) in [5.41, 5.74) is 0. The molecule has 0 spiro atoms. The van der Waals surface area contributed by atoms with Gasteiger partial charge in [-0.15, -0.1) is 0 Å². The summed E-state index contributed by atoms with van der Waals surface area (Å²) in [5.74, 6) is 0.908. The fourth-order valence-electron chi connectivity index (χ4n) is 0.826. The van der Waals surface area contributed by atoms with Gasteiger partial charge in [-0.3, -0.25) is 0 Å². The quantitative estimate of drug-likeness (QED) is 0.674. The second kappa shape index (κ2) is 4.41. The van der Waals surface area contributed by atoms with Crippen LogP contribution >= 0.6 is 12.6 Å². The molecule has 0 fully saturated rings. The maximum absolute atomic E-state index is 4.92. The van der Waals surface area contributed by atoms with Crippen molar-refractivity contribution in [3.05, 3.63) is 18.2 Å². The number of imidazole rings is 1. The van der Waals surface area contributed by atoms with Crippen LogP contribution in [-0.4, -0.2) is 23.7 Å². The lowest BCUT2D eigenvalue weighted by molar-refractivity contribution is 0.194. The first-order valence-electron chi connectivity index (χ1n) is 3.51. The third kappa shape index (κ3) is 2.55. The number of nitrogens with one attached hydrogen (secondary N) is 1. The maximum atomic E-state index is 4.92. The van der Waals surface area contributed by atoms with E-state index in [0.29, 0.717) is 0 Å². The highest BCUT2D eigenvalue weighted by Gasteiger charge is 2.06. The van der Waals surface area contributed by atoms with Gasteiger partial charge in [-0.2, -0.15) is 12.6 Å². The first-order chi connectivity index (χ1) is 5.34. The monoisotopic (exact) mass is 172 g/mol. The Hall–Kier alpha value is -0.480. The van der Waals surface area contributed by atoms with Crippen LogP contribution in [0.2, 0.25) is 0 Å². The largest absolute Gasteiger partial charge is 0.385 e. The number of thiol groups is 1. The minimum Gasteiger partial charge on any atom is -0.385 e. The number of rotatable bonds is 4. The SMILES string of the molecule is COCCC(S)c1ncc[nH]1. The Morgan fingerprint density at radius 2 is 2.64 bits per heavy atom. The van der Waals surface area contributed by atoms with Gasteiger partial charge in [-0.1, -0.05) is 0 Å². The molecule has 0 radical (unpaired) electrons. The van der Waals surface area contributed by atoms with Gasteiger partial charge in [0.1, 0.15) is 5.82 Å². The van der Waals surface area contributed by atoms with Gasteiger partial charge < -0.3 is 9.72 Å². The molecule has 11 heavy (non-hydrogen) atoms. The second-order valence-electron chi connectivity index (χ2n) is 2.27. The molecule has 1 heterocycles. The normalized spacial score (nSPS) is 13.3. The van der Waals surface area contributed by atoms with E-state index in [1.807, 2.05) is 0 Å². The van der Waals surface area contributed by atoms with Crippen molar-refractivity contribution in [3.8, 4) is 0 Å². The summed E-state index contributed by atoms with van der Waals surface area (Å²) in [6, 6.07) is 0. The molecule has 4 heteroatoms. The van der Waals surface area contributed by atoms with Crippen LogP contribution in [0.3, 0.4) is 0 Å². The summed E-state index contributed by atoms with van der Waals surface area (Å²) in [6.07, 6.45) is 4.41. The van der Waals surface area contributed by atoms with Gasteiger partial charge in [0.25, 0.3) is 0 Å². The Labute approximate surface area is 71.6 Å². The summed E-state index contributed by atoms with van der Waals surface area (Å²) in [6.45, 7) is 0.717. The first kappa shape index (κ1) is 8.62. The van der Waals surface area contributed by atoms with Crippen molar-refractivity contribution >= 4 is 12.6 Å². The van der Waals surface area contributed by atoms with Crippen molar-refractivity contribution in [3.63, 3.8) is 0 Å². The lowest BCUT2D eigenvalue weighted by atomic mass is 10.3. The van der Waals surface area contributed by atoms with E-state index in [4.69, 9.17) is 4.74 Å². The molecule has 3 nitrogen and oxygen atoms in total. The van der Waals surface area contributed by atoms with Gasteiger partial charge in [0.15, 0.2) is 0 Å². The Balaban J connectivity index is 2.36. The van der Waals surface area contributed by atoms with E-state index in [1.54, 1.807) is 19.5 Å². The van der Waals surface area contributed by atoms with Crippen LogP contribution in [0.1, 0.15) is 17.5 Å². The van der Waals surface area contributed by atoms with E-state index in [-0.39, 0.29) is 5.25 Å². The number of aromatic nitrogens is 2. The molecule has 0 saturated carbocycles. The molecule has 0 aliphatic carbocycles. The van der Waals surface area contributed by atoms with E-state index in [9.17, 15) is 0 Å². The molecule has 0 aliphatic heterocycles. The number of methoxy groups -OCH3 is 1. The average Bonchev–Trinajstić information content (AvgIpc) is 2.52. The Morgan fingerprint density at radius 3 is 3.18 bits per heavy atom. The highest BCUT2D eigenvalue weighted by molar-refractivity contribution is 7.80. The van der Waals surface area contributed by atoms with Crippen molar-refractivity contribution in [1.82, 2.24) is 9.97 Å². The smallest absolute Gasteiger partial charge is 0.119 e. The maximum Gasteiger partial charge on any atom is 0.119 e. The summed E-state index contributed by atoms with van der Waals surface area (Å²) in [5, 5.41) is 0.157. The van der Waals surface area contributed by atoms with E-state index in [2.05, 4.69) is 22.6 Å². The number of ether oxygens (including phenoxy) is 1. The number of H-pyrrole nitrogens is 1. The Kier molecular flexibility index (Phi) is 3.45. The molecule has 0 aromatic carbocycles. The van der Waals surface area contributed by atoms with E-state index >= 15 is 0 Å². The minimum atomic E-state index is 0.157. The van der Waals surface area contributed by atoms with Crippen molar-refractivity contribution in [2.45, 2.75) is 11.7 Å². The Bertz CT molecular complexity index is 188. The highest BCUT2D eigenvalue weighted by Crippen LogP contribution is 2.18. The summed E-state index contributed by atoms with van der Waals surface area (Å²) >= 11 is 4.35.